The number of benzene rings is 1. The molecule has 3 nitrogen and oxygen atoms in total. The maximum absolute atomic E-state index is 11.7. The summed E-state index contributed by atoms with van der Waals surface area (Å²) in [5.41, 5.74) is 1.72. The van der Waals surface area contributed by atoms with Gasteiger partial charge in [0.2, 0.25) is 0 Å². The third-order valence-corrected chi connectivity index (χ3v) is 3.28. The lowest BCUT2D eigenvalue weighted by Gasteiger charge is -2.01. The van der Waals surface area contributed by atoms with Crippen molar-refractivity contribution in [3.63, 3.8) is 0 Å². The molecule has 0 spiro atoms. The quantitative estimate of drug-likeness (QED) is 0.860. The van der Waals surface area contributed by atoms with Crippen LogP contribution in [0.2, 0.25) is 0 Å². The lowest BCUT2D eigenvalue weighted by Crippen LogP contribution is -2.11. The van der Waals surface area contributed by atoms with E-state index in [1.165, 1.54) is 0 Å². The van der Waals surface area contributed by atoms with Crippen LogP contribution in [0.15, 0.2) is 23.0 Å². The van der Waals surface area contributed by atoms with Gasteiger partial charge in [-0.15, -0.1) is 0 Å². The molecule has 1 N–H and O–H groups in total. The first-order valence-electron chi connectivity index (χ1n) is 4.38. The summed E-state index contributed by atoms with van der Waals surface area (Å²) >= 11 is 6.62. The number of fused-ring (bicyclic) bond motifs is 1. The highest BCUT2D eigenvalue weighted by atomic mass is 79.9. The number of H-pyrrole nitrogens is 1. The van der Waals surface area contributed by atoms with Gasteiger partial charge < -0.3 is 4.98 Å². The van der Waals surface area contributed by atoms with Crippen molar-refractivity contribution in [3.8, 4) is 0 Å². The van der Waals surface area contributed by atoms with Crippen LogP contribution in [0.1, 0.15) is 11.4 Å². The van der Waals surface area contributed by atoms with Gasteiger partial charge >= 0.3 is 0 Å². The zero-order valence-electron chi connectivity index (χ0n) is 7.76. The Balaban J connectivity index is 2.74. The van der Waals surface area contributed by atoms with Gasteiger partial charge in [-0.2, -0.15) is 0 Å². The third kappa shape index (κ3) is 2.13. The summed E-state index contributed by atoms with van der Waals surface area (Å²) in [6, 6.07) is 5.68. The summed E-state index contributed by atoms with van der Waals surface area (Å²) in [7, 11) is 0. The standard InChI is InChI=1S/C10H8Br2N2O/c11-4-6-1-2-8-7(3-6)10(15)14-9(5-12)13-8/h1-3H,4-5H2,(H,13,14,15). The van der Waals surface area contributed by atoms with Crippen LogP contribution in [0.3, 0.4) is 0 Å². The fraction of sp³-hybridized carbons (Fsp3) is 0.200. The van der Waals surface area contributed by atoms with E-state index in [-0.39, 0.29) is 5.56 Å². The zero-order valence-corrected chi connectivity index (χ0v) is 10.9. The summed E-state index contributed by atoms with van der Waals surface area (Å²) in [6.07, 6.45) is 0. The number of aromatic amines is 1. The van der Waals surface area contributed by atoms with E-state index < -0.39 is 0 Å². The zero-order chi connectivity index (χ0) is 10.8. The van der Waals surface area contributed by atoms with Gasteiger partial charge in [0.05, 0.1) is 16.2 Å². The summed E-state index contributed by atoms with van der Waals surface area (Å²) < 4.78 is 0. The second-order valence-electron chi connectivity index (χ2n) is 3.13. The molecule has 0 fully saturated rings. The molecule has 0 unspecified atom stereocenters. The van der Waals surface area contributed by atoms with Gasteiger partial charge in [0, 0.05) is 5.33 Å². The molecule has 0 aliphatic heterocycles. The number of rotatable bonds is 2. The molecule has 0 aliphatic carbocycles. The summed E-state index contributed by atoms with van der Waals surface area (Å²) in [5.74, 6) is 0.652. The molecule has 1 aromatic heterocycles. The Morgan fingerprint density at radius 1 is 1.27 bits per heavy atom. The van der Waals surface area contributed by atoms with Crippen molar-refractivity contribution in [3.05, 3.63) is 39.9 Å². The second kappa shape index (κ2) is 4.45. The minimum atomic E-state index is -0.0859. The van der Waals surface area contributed by atoms with Crippen molar-refractivity contribution in [1.29, 1.82) is 0 Å². The van der Waals surface area contributed by atoms with E-state index in [0.29, 0.717) is 16.5 Å². The average Bonchev–Trinajstić information content (AvgIpc) is 2.28. The molecule has 0 amide bonds. The molecule has 0 atom stereocenters. The molecule has 1 heterocycles. The Morgan fingerprint density at radius 2 is 2.07 bits per heavy atom. The summed E-state index contributed by atoms with van der Waals surface area (Å²) in [6.45, 7) is 0. The Morgan fingerprint density at radius 3 is 2.73 bits per heavy atom. The maximum Gasteiger partial charge on any atom is 0.258 e. The normalized spacial score (nSPS) is 10.8. The van der Waals surface area contributed by atoms with Crippen LogP contribution < -0.4 is 5.56 Å². The predicted molar refractivity (Wildman–Crippen MR) is 67.6 cm³/mol. The molecule has 0 aliphatic rings. The van der Waals surface area contributed by atoms with Crippen LogP contribution in [0, 0.1) is 0 Å². The van der Waals surface area contributed by atoms with Crippen molar-refractivity contribution in [1.82, 2.24) is 9.97 Å². The van der Waals surface area contributed by atoms with Crippen molar-refractivity contribution < 1.29 is 0 Å². The van der Waals surface area contributed by atoms with Gasteiger partial charge in [-0.3, -0.25) is 4.79 Å². The van der Waals surface area contributed by atoms with Crippen LogP contribution in [0.25, 0.3) is 10.9 Å². The topological polar surface area (TPSA) is 45.8 Å². The average molecular weight is 332 g/mol. The Kier molecular flexibility index (Phi) is 3.21. The molecule has 0 bridgehead atoms. The fourth-order valence-corrected chi connectivity index (χ4v) is 2.00. The van der Waals surface area contributed by atoms with E-state index >= 15 is 0 Å². The second-order valence-corrected chi connectivity index (χ2v) is 4.25. The Labute approximate surface area is 103 Å². The summed E-state index contributed by atoms with van der Waals surface area (Å²) in [5, 5.41) is 1.93. The number of aromatic nitrogens is 2. The lowest BCUT2D eigenvalue weighted by molar-refractivity contribution is 1.05. The van der Waals surface area contributed by atoms with Gasteiger partial charge in [0.25, 0.3) is 5.56 Å². The number of hydrogen-bond donors (Lipinski definition) is 1. The van der Waals surface area contributed by atoms with Gasteiger partial charge in [-0.25, -0.2) is 4.98 Å². The highest BCUT2D eigenvalue weighted by Crippen LogP contribution is 2.13. The highest BCUT2D eigenvalue weighted by Gasteiger charge is 2.03. The van der Waals surface area contributed by atoms with E-state index in [9.17, 15) is 4.79 Å². The minimum absolute atomic E-state index is 0.0859. The number of hydrogen-bond acceptors (Lipinski definition) is 2. The lowest BCUT2D eigenvalue weighted by atomic mass is 10.2. The molecule has 78 valence electrons. The van der Waals surface area contributed by atoms with Gasteiger partial charge in [-0.05, 0) is 17.7 Å². The van der Waals surface area contributed by atoms with Crippen molar-refractivity contribution in [2.24, 2.45) is 0 Å². The van der Waals surface area contributed by atoms with Crippen LogP contribution in [-0.2, 0) is 10.7 Å². The van der Waals surface area contributed by atoms with E-state index in [2.05, 4.69) is 41.8 Å². The molecule has 0 radical (unpaired) electrons. The van der Waals surface area contributed by atoms with Crippen molar-refractivity contribution in [2.45, 2.75) is 10.7 Å². The van der Waals surface area contributed by atoms with Gasteiger partial charge in [-0.1, -0.05) is 37.9 Å². The van der Waals surface area contributed by atoms with Crippen LogP contribution in [0.5, 0.6) is 0 Å². The fourth-order valence-electron chi connectivity index (χ4n) is 1.38. The van der Waals surface area contributed by atoms with E-state index in [1.54, 1.807) is 0 Å². The molecule has 0 saturated carbocycles. The molecule has 2 rings (SSSR count). The first-order valence-corrected chi connectivity index (χ1v) is 6.62. The molecule has 5 heteroatoms. The van der Waals surface area contributed by atoms with Crippen LogP contribution in [-0.4, -0.2) is 9.97 Å². The maximum atomic E-state index is 11.7. The molecule has 15 heavy (non-hydrogen) atoms. The summed E-state index contributed by atoms with van der Waals surface area (Å²) in [4.78, 5) is 18.7. The first-order chi connectivity index (χ1) is 7.24. The largest absolute Gasteiger partial charge is 0.309 e. The molecule has 0 saturated heterocycles. The molecular formula is C10H8Br2N2O. The Bertz CT molecular complexity index is 551. The van der Waals surface area contributed by atoms with Gasteiger partial charge in [0.15, 0.2) is 0 Å². The van der Waals surface area contributed by atoms with Gasteiger partial charge in [0.1, 0.15) is 5.82 Å². The number of nitrogens with one attached hydrogen (secondary N) is 1. The van der Waals surface area contributed by atoms with Crippen molar-refractivity contribution >= 4 is 42.8 Å². The number of nitrogens with zero attached hydrogens (tertiary/aromatic N) is 1. The van der Waals surface area contributed by atoms with E-state index in [0.717, 1.165) is 16.4 Å². The van der Waals surface area contributed by atoms with Crippen LogP contribution in [0.4, 0.5) is 0 Å². The third-order valence-electron chi connectivity index (χ3n) is 2.10. The number of halogens is 2. The Hall–Kier alpha value is -0.680. The minimum Gasteiger partial charge on any atom is -0.309 e. The predicted octanol–water partition coefficient (Wildman–Crippen LogP) is 2.71. The highest BCUT2D eigenvalue weighted by molar-refractivity contribution is 9.08. The smallest absolute Gasteiger partial charge is 0.258 e. The molecule has 2 aromatic rings. The monoisotopic (exact) mass is 330 g/mol. The van der Waals surface area contributed by atoms with Crippen molar-refractivity contribution in [2.75, 3.05) is 0 Å². The molecular weight excluding hydrogens is 324 g/mol. The van der Waals surface area contributed by atoms with E-state index in [4.69, 9.17) is 0 Å². The van der Waals surface area contributed by atoms with E-state index in [1.807, 2.05) is 18.2 Å². The van der Waals surface area contributed by atoms with Crippen LogP contribution >= 0.6 is 31.9 Å². The molecule has 1 aromatic carbocycles. The SMILES string of the molecule is O=c1[nH]c(CBr)nc2ccc(CBr)cc12. The first kappa shape index (κ1) is 10.8. The number of alkyl halides is 2.